The predicted octanol–water partition coefficient (Wildman–Crippen LogP) is 3.23. The lowest BCUT2D eigenvalue weighted by Crippen LogP contribution is -2.29. The van der Waals surface area contributed by atoms with Gasteiger partial charge >= 0.3 is 11.9 Å². The standard InChI is InChI=1S/C15H19ClO5/c1-4-6-11(14(17)20-5-2)15(18)21-13-9-10(16)7-8-12(13)19-3/h7-9,11H,4-6H2,1-3H3. The van der Waals surface area contributed by atoms with Crippen molar-refractivity contribution in [2.75, 3.05) is 13.7 Å². The van der Waals surface area contributed by atoms with Crippen LogP contribution in [0.15, 0.2) is 18.2 Å². The van der Waals surface area contributed by atoms with E-state index < -0.39 is 17.9 Å². The molecule has 1 rings (SSSR count). The smallest absolute Gasteiger partial charge is 0.325 e. The van der Waals surface area contributed by atoms with Gasteiger partial charge in [0.1, 0.15) is 0 Å². The molecule has 0 heterocycles. The van der Waals surface area contributed by atoms with Crippen LogP contribution in [-0.4, -0.2) is 25.7 Å². The zero-order valence-electron chi connectivity index (χ0n) is 12.3. The van der Waals surface area contributed by atoms with Crippen LogP contribution in [0.1, 0.15) is 26.7 Å². The summed E-state index contributed by atoms with van der Waals surface area (Å²) in [6.45, 7) is 3.78. The molecular formula is C15H19ClO5. The molecular weight excluding hydrogens is 296 g/mol. The van der Waals surface area contributed by atoms with Crippen molar-refractivity contribution in [1.82, 2.24) is 0 Å². The Balaban J connectivity index is 2.91. The van der Waals surface area contributed by atoms with Crippen LogP contribution >= 0.6 is 11.6 Å². The van der Waals surface area contributed by atoms with E-state index in [1.54, 1.807) is 19.1 Å². The molecule has 0 aliphatic heterocycles. The number of carbonyl (C=O) groups excluding carboxylic acids is 2. The number of rotatable bonds is 7. The Hall–Kier alpha value is -1.75. The maximum Gasteiger partial charge on any atom is 0.325 e. The fourth-order valence-corrected chi connectivity index (χ4v) is 1.94. The van der Waals surface area contributed by atoms with Gasteiger partial charge in [-0.15, -0.1) is 0 Å². The van der Waals surface area contributed by atoms with Crippen LogP contribution in [0, 0.1) is 5.92 Å². The third-order valence-electron chi connectivity index (χ3n) is 2.77. The average molecular weight is 315 g/mol. The second-order valence-electron chi connectivity index (χ2n) is 4.31. The number of hydrogen-bond donors (Lipinski definition) is 0. The molecule has 1 aromatic carbocycles. The number of ether oxygens (including phenoxy) is 3. The number of benzene rings is 1. The molecule has 6 heteroatoms. The highest BCUT2D eigenvalue weighted by molar-refractivity contribution is 6.30. The van der Waals surface area contributed by atoms with Crippen molar-refractivity contribution in [3.05, 3.63) is 23.2 Å². The van der Waals surface area contributed by atoms with Crippen molar-refractivity contribution in [3.63, 3.8) is 0 Å². The quantitative estimate of drug-likeness (QED) is 0.439. The fourth-order valence-electron chi connectivity index (χ4n) is 1.77. The summed E-state index contributed by atoms with van der Waals surface area (Å²) in [7, 11) is 1.45. The van der Waals surface area contributed by atoms with Gasteiger partial charge in [0.25, 0.3) is 0 Å². The Bertz CT molecular complexity index is 501. The van der Waals surface area contributed by atoms with E-state index in [2.05, 4.69) is 0 Å². The van der Waals surface area contributed by atoms with E-state index in [9.17, 15) is 9.59 Å². The highest BCUT2D eigenvalue weighted by Crippen LogP contribution is 2.31. The van der Waals surface area contributed by atoms with Crippen LogP contribution in [0.4, 0.5) is 0 Å². The van der Waals surface area contributed by atoms with E-state index in [4.69, 9.17) is 25.8 Å². The molecule has 0 N–H and O–H groups in total. The van der Waals surface area contributed by atoms with Crippen LogP contribution < -0.4 is 9.47 Å². The third kappa shape index (κ3) is 4.93. The Kier molecular flexibility index (Phi) is 7.02. The summed E-state index contributed by atoms with van der Waals surface area (Å²) in [4.78, 5) is 24.0. The lowest BCUT2D eigenvalue weighted by Gasteiger charge is -2.15. The Morgan fingerprint density at radius 2 is 1.90 bits per heavy atom. The molecule has 0 fully saturated rings. The van der Waals surface area contributed by atoms with E-state index >= 15 is 0 Å². The molecule has 0 radical (unpaired) electrons. The van der Waals surface area contributed by atoms with E-state index in [0.29, 0.717) is 23.6 Å². The number of halogens is 1. The zero-order valence-corrected chi connectivity index (χ0v) is 13.1. The van der Waals surface area contributed by atoms with E-state index in [0.717, 1.165) is 0 Å². The third-order valence-corrected chi connectivity index (χ3v) is 3.00. The molecule has 0 aliphatic carbocycles. The van der Waals surface area contributed by atoms with Gasteiger partial charge in [-0.3, -0.25) is 9.59 Å². The SMILES string of the molecule is CCCC(C(=O)OCC)C(=O)Oc1cc(Cl)ccc1OC. The average Bonchev–Trinajstić information content (AvgIpc) is 2.45. The molecule has 5 nitrogen and oxygen atoms in total. The Labute approximate surface area is 129 Å². The summed E-state index contributed by atoms with van der Waals surface area (Å²) in [5, 5.41) is 0.404. The van der Waals surface area contributed by atoms with Crippen LogP contribution in [0.2, 0.25) is 5.02 Å². The Morgan fingerprint density at radius 3 is 2.48 bits per heavy atom. The minimum atomic E-state index is -0.946. The lowest BCUT2D eigenvalue weighted by molar-refractivity contribution is -0.157. The van der Waals surface area contributed by atoms with E-state index in [1.807, 2.05) is 6.92 Å². The zero-order chi connectivity index (χ0) is 15.8. The highest BCUT2D eigenvalue weighted by atomic mass is 35.5. The number of esters is 2. The van der Waals surface area contributed by atoms with Crippen LogP contribution in [-0.2, 0) is 14.3 Å². The molecule has 1 atom stereocenters. The minimum absolute atomic E-state index is 0.181. The molecule has 0 amide bonds. The number of hydrogen-bond acceptors (Lipinski definition) is 5. The van der Waals surface area contributed by atoms with Crippen molar-refractivity contribution in [2.45, 2.75) is 26.7 Å². The van der Waals surface area contributed by atoms with Crippen molar-refractivity contribution in [1.29, 1.82) is 0 Å². The number of carbonyl (C=O) groups is 2. The normalized spacial score (nSPS) is 11.6. The van der Waals surface area contributed by atoms with Crippen LogP contribution in [0.5, 0.6) is 11.5 Å². The van der Waals surface area contributed by atoms with E-state index in [-0.39, 0.29) is 12.4 Å². The topological polar surface area (TPSA) is 61.8 Å². The van der Waals surface area contributed by atoms with Gasteiger partial charge < -0.3 is 14.2 Å². The Morgan fingerprint density at radius 1 is 1.19 bits per heavy atom. The minimum Gasteiger partial charge on any atom is -0.493 e. The van der Waals surface area contributed by atoms with E-state index in [1.165, 1.54) is 13.2 Å². The molecule has 0 aromatic heterocycles. The number of methoxy groups -OCH3 is 1. The van der Waals surface area contributed by atoms with Gasteiger partial charge in [0.2, 0.25) is 0 Å². The summed E-state index contributed by atoms with van der Waals surface area (Å²) in [6, 6.07) is 4.67. The highest BCUT2D eigenvalue weighted by Gasteiger charge is 2.29. The molecule has 0 aliphatic rings. The molecule has 1 aromatic rings. The van der Waals surface area contributed by atoms with Gasteiger partial charge in [-0.05, 0) is 25.5 Å². The summed E-state index contributed by atoms with van der Waals surface area (Å²) in [5.41, 5.74) is 0. The lowest BCUT2D eigenvalue weighted by atomic mass is 10.0. The molecule has 1 unspecified atom stereocenters. The van der Waals surface area contributed by atoms with Gasteiger partial charge in [0.15, 0.2) is 17.4 Å². The first-order chi connectivity index (χ1) is 10.0. The molecule has 0 spiro atoms. The molecule has 116 valence electrons. The second kappa shape index (κ2) is 8.52. The predicted molar refractivity (Wildman–Crippen MR) is 78.7 cm³/mol. The van der Waals surface area contributed by atoms with Crippen molar-refractivity contribution >= 4 is 23.5 Å². The van der Waals surface area contributed by atoms with Crippen molar-refractivity contribution in [3.8, 4) is 11.5 Å². The van der Waals surface area contributed by atoms with Gasteiger partial charge in [-0.1, -0.05) is 24.9 Å². The summed E-state index contributed by atoms with van der Waals surface area (Å²) in [5.74, 6) is -1.65. The van der Waals surface area contributed by atoms with Gasteiger partial charge in [0, 0.05) is 11.1 Å². The van der Waals surface area contributed by atoms with Gasteiger partial charge in [0.05, 0.1) is 13.7 Å². The maximum atomic E-state index is 12.2. The van der Waals surface area contributed by atoms with Crippen LogP contribution in [0.3, 0.4) is 0 Å². The first-order valence-electron chi connectivity index (χ1n) is 6.75. The molecule has 0 saturated carbocycles. The van der Waals surface area contributed by atoms with Gasteiger partial charge in [-0.25, -0.2) is 0 Å². The summed E-state index contributed by atoms with van der Waals surface area (Å²) >= 11 is 5.87. The maximum absolute atomic E-state index is 12.2. The summed E-state index contributed by atoms with van der Waals surface area (Å²) < 4.78 is 15.2. The fraction of sp³-hybridized carbons (Fsp3) is 0.467. The molecule has 0 bridgehead atoms. The summed E-state index contributed by atoms with van der Waals surface area (Å²) in [6.07, 6.45) is 1.02. The monoisotopic (exact) mass is 314 g/mol. The first-order valence-corrected chi connectivity index (χ1v) is 7.13. The second-order valence-corrected chi connectivity index (χ2v) is 4.75. The molecule has 21 heavy (non-hydrogen) atoms. The first kappa shape index (κ1) is 17.3. The van der Waals surface area contributed by atoms with Gasteiger partial charge in [-0.2, -0.15) is 0 Å². The van der Waals surface area contributed by atoms with Crippen molar-refractivity contribution in [2.24, 2.45) is 5.92 Å². The van der Waals surface area contributed by atoms with Crippen molar-refractivity contribution < 1.29 is 23.8 Å². The largest absolute Gasteiger partial charge is 0.493 e. The van der Waals surface area contributed by atoms with Crippen LogP contribution in [0.25, 0.3) is 0 Å². The molecule has 0 saturated heterocycles.